The van der Waals surface area contributed by atoms with Crippen LogP contribution in [0.1, 0.15) is 31.7 Å². The van der Waals surface area contributed by atoms with E-state index in [0.717, 1.165) is 18.4 Å². The number of carboxylic acids is 1. The van der Waals surface area contributed by atoms with Gasteiger partial charge in [0.2, 0.25) is 5.91 Å². The number of likely N-dealkylation sites (tertiary alicyclic amines) is 1. The number of carbonyl (C=O) groups excluding carboxylic acids is 1. The van der Waals surface area contributed by atoms with E-state index in [9.17, 15) is 24.6 Å². The van der Waals surface area contributed by atoms with Gasteiger partial charge in [0.1, 0.15) is 12.6 Å². The molecule has 1 aromatic rings. The molecule has 1 aromatic carbocycles. The maximum absolute atomic E-state index is 12.1. The van der Waals surface area contributed by atoms with Gasteiger partial charge < -0.3 is 21.3 Å². The number of amides is 2. The normalized spacial score (nSPS) is 22.9. The first-order valence-electron chi connectivity index (χ1n) is 10.4. The van der Waals surface area contributed by atoms with Crippen molar-refractivity contribution in [3.63, 3.8) is 0 Å². The molecule has 9 nitrogen and oxygen atoms in total. The largest absolute Gasteiger partial charge is 0.513 e. The lowest BCUT2D eigenvalue weighted by molar-refractivity contribution is -0.868. The quantitative estimate of drug-likeness (QED) is 0.332. The second kappa shape index (κ2) is 11.1. The number of carbonyl (C=O) groups is 3. The number of benzene rings is 1. The highest BCUT2D eigenvalue weighted by molar-refractivity contribution is 5.79. The number of hydrogen-bond donors (Lipinski definition) is 5. The number of carboxylic acid groups (broad SMARTS) is 2. The number of nitrogens with two attached hydrogens (primary N) is 1. The summed E-state index contributed by atoms with van der Waals surface area (Å²) in [6.07, 6.45) is 1.75. The van der Waals surface area contributed by atoms with Crippen molar-refractivity contribution in [1.82, 2.24) is 10.6 Å². The molecule has 6 N–H and O–H groups in total. The molecule has 0 radical (unpaired) electrons. The van der Waals surface area contributed by atoms with E-state index in [4.69, 9.17) is 5.73 Å². The minimum absolute atomic E-state index is 0.00754. The van der Waals surface area contributed by atoms with Crippen molar-refractivity contribution >= 4 is 18.0 Å². The average molecular weight is 422 g/mol. The SMILES string of the molecule is C[C@@H]1CCC[N+]1(CC(N)CNC(=O)CNC(CCc1ccccc1)C(=O)O)C(=O)O. The maximum Gasteiger partial charge on any atom is 0.513 e. The Labute approximate surface area is 176 Å². The van der Waals surface area contributed by atoms with E-state index in [1.807, 2.05) is 37.3 Å². The van der Waals surface area contributed by atoms with E-state index in [1.54, 1.807) is 0 Å². The Kier molecular flexibility index (Phi) is 8.76. The molecule has 0 aromatic heterocycles. The van der Waals surface area contributed by atoms with Gasteiger partial charge in [-0.2, -0.15) is 4.79 Å². The zero-order valence-corrected chi connectivity index (χ0v) is 17.4. The van der Waals surface area contributed by atoms with Crippen LogP contribution in [0.4, 0.5) is 4.79 Å². The number of aliphatic carboxylic acids is 1. The summed E-state index contributed by atoms with van der Waals surface area (Å²) in [5.41, 5.74) is 7.13. The number of quaternary nitrogens is 1. The monoisotopic (exact) mass is 421 g/mol. The Bertz CT molecular complexity index is 729. The van der Waals surface area contributed by atoms with Gasteiger partial charge in [0.05, 0.1) is 25.2 Å². The molecule has 3 unspecified atom stereocenters. The van der Waals surface area contributed by atoms with Crippen LogP contribution >= 0.6 is 0 Å². The standard InChI is InChI=1S/C21H32N4O5/c1-15-6-5-11-25(15,21(29)30)14-17(22)12-24-19(26)13-23-18(20(27)28)10-9-16-7-3-2-4-8-16/h2-4,7-8,15,17-18,23H,5-6,9-14,22H2,1H3,(H2-,24,26,27,28,29,30)/p+1/t15-,17?,18?,25?/m1/s1. The summed E-state index contributed by atoms with van der Waals surface area (Å²) >= 11 is 0. The van der Waals surface area contributed by atoms with Gasteiger partial charge in [-0.3, -0.25) is 14.9 Å². The van der Waals surface area contributed by atoms with Crippen molar-refractivity contribution in [1.29, 1.82) is 0 Å². The predicted molar refractivity (Wildman–Crippen MR) is 112 cm³/mol. The Morgan fingerprint density at radius 1 is 1.23 bits per heavy atom. The zero-order chi connectivity index (χ0) is 22.1. The van der Waals surface area contributed by atoms with Crippen molar-refractivity contribution in [3.8, 4) is 0 Å². The van der Waals surface area contributed by atoms with Crippen LogP contribution in [0.5, 0.6) is 0 Å². The van der Waals surface area contributed by atoms with Crippen LogP contribution in [0.15, 0.2) is 30.3 Å². The van der Waals surface area contributed by atoms with Crippen LogP contribution in [0.2, 0.25) is 0 Å². The van der Waals surface area contributed by atoms with Crippen LogP contribution in [-0.4, -0.2) is 77.0 Å². The molecule has 0 aliphatic carbocycles. The smallest absolute Gasteiger partial charge is 0.480 e. The molecule has 30 heavy (non-hydrogen) atoms. The molecule has 1 aliphatic rings. The molecular weight excluding hydrogens is 388 g/mol. The zero-order valence-electron chi connectivity index (χ0n) is 17.4. The summed E-state index contributed by atoms with van der Waals surface area (Å²) in [4.78, 5) is 35.3. The summed E-state index contributed by atoms with van der Waals surface area (Å²) < 4.78 is -0.0736. The van der Waals surface area contributed by atoms with Gasteiger partial charge in [0.15, 0.2) is 0 Å². The van der Waals surface area contributed by atoms with E-state index >= 15 is 0 Å². The molecule has 0 spiro atoms. The molecule has 2 rings (SSSR count). The van der Waals surface area contributed by atoms with Crippen molar-refractivity contribution in [2.45, 2.75) is 50.7 Å². The Hall–Kier alpha value is -2.49. The van der Waals surface area contributed by atoms with Gasteiger partial charge in [-0.1, -0.05) is 30.3 Å². The summed E-state index contributed by atoms with van der Waals surface area (Å²) in [7, 11) is 0. The third-order valence-corrected chi connectivity index (χ3v) is 5.90. The third kappa shape index (κ3) is 6.51. The minimum atomic E-state index is -1.01. The number of hydrogen-bond acceptors (Lipinski definition) is 5. The van der Waals surface area contributed by atoms with E-state index < -0.39 is 24.1 Å². The first-order valence-corrected chi connectivity index (χ1v) is 10.4. The van der Waals surface area contributed by atoms with Crippen molar-refractivity contribution in [3.05, 3.63) is 35.9 Å². The van der Waals surface area contributed by atoms with Crippen LogP contribution in [0.3, 0.4) is 0 Å². The van der Waals surface area contributed by atoms with Gasteiger partial charge in [0, 0.05) is 19.4 Å². The number of aryl methyl sites for hydroxylation is 1. The van der Waals surface area contributed by atoms with Crippen LogP contribution in [0, 0.1) is 0 Å². The Morgan fingerprint density at radius 3 is 2.50 bits per heavy atom. The lowest BCUT2D eigenvalue weighted by Gasteiger charge is -2.34. The molecule has 0 saturated carbocycles. The third-order valence-electron chi connectivity index (χ3n) is 5.90. The molecule has 1 fully saturated rings. The fourth-order valence-electron chi connectivity index (χ4n) is 4.04. The van der Waals surface area contributed by atoms with Crippen LogP contribution < -0.4 is 16.4 Å². The fourth-order valence-corrected chi connectivity index (χ4v) is 4.04. The second-order valence-electron chi connectivity index (χ2n) is 8.07. The number of rotatable bonds is 11. The van der Waals surface area contributed by atoms with Crippen molar-refractivity contribution in [2.75, 3.05) is 26.2 Å². The molecule has 166 valence electrons. The summed E-state index contributed by atoms with van der Waals surface area (Å²) in [6.45, 7) is 2.70. The Balaban J connectivity index is 1.76. The maximum atomic E-state index is 12.1. The lowest BCUT2D eigenvalue weighted by atomic mass is 10.1. The first-order chi connectivity index (χ1) is 14.2. The summed E-state index contributed by atoms with van der Waals surface area (Å²) in [5.74, 6) is -1.38. The molecule has 9 heteroatoms. The Morgan fingerprint density at radius 2 is 1.93 bits per heavy atom. The highest BCUT2D eigenvalue weighted by atomic mass is 16.4. The van der Waals surface area contributed by atoms with Gasteiger partial charge in [-0.25, -0.2) is 4.48 Å². The number of nitrogens with one attached hydrogen (secondary N) is 2. The average Bonchev–Trinajstić information content (AvgIpc) is 3.08. The van der Waals surface area contributed by atoms with Gasteiger partial charge >= 0.3 is 12.1 Å². The van der Waals surface area contributed by atoms with E-state index in [2.05, 4.69) is 10.6 Å². The van der Waals surface area contributed by atoms with E-state index in [1.165, 1.54) is 0 Å². The second-order valence-corrected chi connectivity index (χ2v) is 8.07. The van der Waals surface area contributed by atoms with E-state index in [0.29, 0.717) is 19.4 Å². The van der Waals surface area contributed by atoms with Crippen LogP contribution in [0.25, 0.3) is 0 Å². The minimum Gasteiger partial charge on any atom is -0.480 e. The van der Waals surface area contributed by atoms with Crippen molar-refractivity contribution < 1.29 is 29.1 Å². The predicted octanol–water partition coefficient (Wildman–Crippen LogP) is 0.783. The van der Waals surface area contributed by atoms with Gasteiger partial charge in [-0.15, -0.1) is 0 Å². The highest BCUT2D eigenvalue weighted by Gasteiger charge is 2.47. The van der Waals surface area contributed by atoms with Crippen LogP contribution in [-0.2, 0) is 16.0 Å². The fraction of sp³-hybridized carbons (Fsp3) is 0.571. The first kappa shape index (κ1) is 23.8. The molecule has 0 bridgehead atoms. The molecule has 1 aliphatic heterocycles. The lowest BCUT2D eigenvalue weighted by Crippen LogP contribution is -2.60. The molecule has 1 saturated heterocycles. The molecule has 1 heterocycles. The summed E-state index contributed by atoms with van der Waals surface area (Å²) in [5, 5.41) is 24.5. The summed E-state index contributed by atoms with van der Waals surface area (Å²) in [6, 6.07) is 8.21. The van der Waals surface area contributed by atoms with Crippen molar-refractivity contribution in [2.24, 2.45) is 5.73 Å². The topological polar surface area (TPSA) is 142 Å². The molecule has 2 amide bonds. The molecular formula is C21H33N4O5+. The van der Waals surface area contributed by atoms with Gasteiger partial charge in [0.25, 0.3) is 0 Å². The highest BCUT2D eigenvalue weighted by Crippen LogP contribution is 2.27. The van der Waals surface area contributed by atoms with E-state index in [-0.39, 0.29) is 36.1 Å². The molecule has 4 atom stereocenters. The van der Waals surface area contributed by atoms with Gasteiger partial charge in [-0.05, 0) is 25.3 Å². The number of nitrogens with zero attached hydrogens (tertiary/aromatic N) is 1.